The molecule has 0 bridgehead atoms. The van der Waals surface area contributed by atoms with Gasteiger partial charge in [0, 0.05) is 12.1 Å². The Morgan fingerprint density at radius 3 is 2.74 bits per heavy atom. The average molecular weight is 398 g/mol. The molecule has 2 heterocycles. The number of nitrogens with one attached hydrogen (secondary N) is 3. The zero-order valence-electron chi connectivity index (χ0n) is 13.9. The molecule has 3 N–H and O–H groups in total. The first-order valence-corrected chi connectivity index (χ1v) is 8.09. The van der Waals surface area contributed by atoms with Crippen LogP contribution in [0.1, 0.15) is 11.6 Å². The van der Waals surface area contributed by atoms with E-state index in [-0.39, 0.29) is 28.0 Å². The van der Waals surface area contributed by atoms with Gasteiger partial charge in [0.1, 0.15) is 28.6 Å². The molecule has 2 aromatic rings. The number of methoxy groups -OCH3 is 1. The maximum atomic E-state index is 14.3. The van der Waals surface area contributed by atoms with Gasteiger partial charge in [-0.2, -0.15) is 0 Å². The number of carbonyl (C=O) groups is 1. The number of aromatic nitrogens is 1. The van der Waals surface area contributed by atoms with Gasteiger partial charge in [0.05, 0.1) is 31.1 Å². The van der Waals surface area contributed by atoms with E-state index in [9.17, 15) is 18.7 Å². The number of halogens is 3. The molecule has 1 fully saturated rings. The van der Waals surface area contributed by atoms with Crippen molar-refractivity contribution in [2.75, 3.05) is 19.0 Å². The lowest BCUT2D eigenvalue weighted by atomic mass is 10.1. The summed E-state index contributed by atoms with van der Waals surface area (Å²) in [6, 6.07) is 2.32. The zero-order chi connectivity index (χ0) is 19.6. The number of rotatable bonds is 4. The molecule has 0 saturated carbocycles. The molecule has 0 aliphatic carbocycles. The third-order valence-corrected chi connectivity index (χ3v) is 4.09. The van der Waals surface area contributed by atoms with Gasteiger partial charge in [-0.15, -0.1) is 5.01 Å². The highest BCUT2D eigenvalue weighted by Gasteiger charge is 2.42. The van der Waals surface area contributed by atoms with E-state index in [0.717, 1.165) is 12.1 Å². The Kier molecular flexibility index (Phi) is 5.38. The molecule has 8 nitrogen and oxygen atoms in total. The van der Waals surface area contributed by atoms with Crippen LogP contribution in [0.25, 0.3) is 0 Å². The van der Waals surface area contributed by atoms with Crippen LogP contribution in [0.5, 0.6) is 5.75 Å². The van der Waals surface area contributed by atoms with Crippen LogP contribution in [-0.2, 0) is 0 Å². The second-order valence-corrected chi connectivity index (χ2v) is 5.95. The SMILES string of the molecule is COc1cc(F)c([C@@H]2CNC(=O)[NH+]2N=C([O-])Nc2ccc(Cl)nc2)c(F)c1. The number of amidine groups is 1. The van der Waals surface area contributed by atoms with E-state index < -0.39 is 29.7 Å². The van der Waals surface area contributed by atoms with Crippen LogP contribution in [0.4, 0.5) is 19.3 Å². The topological polar surface area (TPSA) is 103 Å². The lowest BCUT2D eigenvalue weighted by Crippen LogP contribution is -3.09. The number of carbonyl (C=O) groups excluding carboxylic acids is 1. The Bertz CT molecular complexity index is 871. The minimum Gasteiger partial charge on any atom is -0.842 e. The van der Waals surface area contributed by atoms with E-state index >= 15 is 0 Å². The largest absolute Gasteiger partial charge is 0.842 e. The summed E-state index contributed by atoms with van der Waals surface area (Å²) in [6.07, 6.45) is 1.30. The van der Waals surface area contributed by atoms with Crippen LogP contribution in [0.15, 0.2) is 35.6 Å². The smallest absolute Gasteiger partial charge is 0.442 e. The van der Waals surface area contributed by atoms with Crippen LogP contribution in [0.2, 0.25) is 5.15 Å². The highest BCUT2D eigenvalue weighted by atomic mass is 35.5. The van der Waals surface area contributed by atoms with Crippen LogP contribution in [0, 0.1) is 11.6 Å². The lowest BCUT2D eigenvalue weighted by Gasteiger charge is -2.18. The van der Waals surface area contributed by atoms with E-state index in [1.807, 2.05) is 0 Å². The number of anilines is 1. The number of nitrogens with zero attached hydrogens (tertiary/aromatic N) is 2. The van der Waals surface area contributed by atoms with Crippen molar-refractivity contribution in [3.8, 4) is 5.75 Å². The number of ether oxygens (including phenoxy) is 1. The molecule has 1 aromatic heterocycles. The molecule has 142 valence electrons. The first kappa shape index (κ1) is 18.8. The van der Waals surface area contributed by atoms with Gasteiger partial charge < -0.3 is 15.2 Å². The fraction of sp³-hybridized carbons (Fsp3) is 0.188. The quantitative estimate of drug-likeness (QED) is 0.394. The molecule has 1 aromatic carbocycles. The van der Waals surface area contributed by atoms with Crippen molar-refractivity contribution >= 4 is 29.3 Å². The summed E-state index contributed by atoms with van der Waals surface area (Å²) >= 11 is 5.66. The van der Waals surface area contributed by atoms with Gasteiger partial charge in [0.15, 0.2) is 6.04 Å². The lowest BCUT2D eigenvalue weighted by molar-refractivity contribution is -0.847. The highest BCUT2D eigenvalue weighted by Crippen LogP contribution is 2.25. The molecule has 1 aliphatic heterocycles. The minimum atomic E-state index is -1.06. The molecule has 11 heteroatoms. The standard InChI is InChI=1S/C16H14ClF2N5O3/c1-27-9-4-10(18)14(11(19)5-9)12-7-21-16(26)24(12)23-15(25)22-8-2-3-13(17)20-6-8/h2-6,12H,7H2,1H3,(H,21,26)(H2,22,23,25)/t12-/m0/s1. The number of benzene rings is 1. The molecule has 1 aliphatic rings. The van der Waals surface area contributed by atoms with E-state index in [1.54, 1.807) is 0 Å². The van der Waals surface area contributed by atoms with Crippen LogP contribution >= 0.6 is 11.6 Å². The number of hydrogen-bond acceptors (Lipinski definition) is 5. The summed E-state index contributed by atoms with van der Waals surface area (Å²) in [5.41, 5.74) is -0.0700. The van der Waals surface area contributed by atoms with Crippen molar-refractivity contribution in [3.05, 3.63) is 52.8 Å². The van der Waals surface area contributed by atoms with Crippen LogP contribution < -0.4 is 25.5 Å². The van der Waals surface area contributed by atoms with E-state index in [2.05, 4.69) is 20.7 Å². The number of amides is 2. The minimum absolute atomic E-state index is 0.00231. The molecular formula is C16H14ClF2N5O3. The second kappa shape index (κ2) is 7.72. The molecule has 0 radical (unpaired) electrons. The van der Waals surface area contributed by atoms with Gasteiger partial charge in [-0.1, -0.05) is 16.7 Å². The van der Waals surface area contributed by atoms with Gasteiger partial charge in [0.2, 0.25) is 0 Å². The first-order chi connectivity index (χ1) is 12.9. The van der Waals surface area contributed by atoms with Gasteiger partial charge >= 0.3 is 6.03 Å². The van der Waals surface area contributed by atoms with E-state index in [0.29, 0.717) is 5.69 Å². The number of hydrogen-bond donors (Lipinski definition) is 3. The van der Waals surface area contributed by atoms with E-state index in [1.165, 1.54) is 25.4 Å². The maximum absolute atomic E-state index is 14.3. The Morgan fingerprint density at radius 2 is 2.15 bits per heavy atom. The molecule has 1 saturated heterocycles. The van der Waals surface area contributed by atoms with Crippen molar-refractivity contribution in [3.63, 3.8) is 0 Å². The molecule has 0 spiro atoms. The van der Waals surface area contributed by atoms with Crippen molar-refractivity contribution in [2.24, 2.45) is 5.10 Å². The molecule has 2 amide bonds. The van der Waals surface area contributed by atoms with E-state index in [4.69, 9.17) is 16.3 Å². The van der Waals surface area contributed by atoms with Crippen LogP contribution in [0.3, 0.4) is 0 Å². The first-order valence-electron chi connectivity index (χ1n) is 7.71. The fourth-order valence-electron chi connectivity index (χ4n) is 2.63. The molecule has 27 heavy (non-hydrogen) atoms. The Labute approximate surface area is 157 Å². The molecule has 3 rings (SSSR count). The highest BCUT2D eigenvalue weighted by molar-refractivity contribution is 6.29. The van der Waals surface area contributed by atoms with Crippen molar-refractivity contribution < 1.29 is 28.4 Å². The van der Waals surface area contributed by atoms with Crippen molar-refractivity contribution in [2.45, 2.75) is 6.04 Å². The van der Waals surface area contributed by atoms with Gasteiger partial charge in [0.25, 0.3) is 0 Å². The molecule has 1 unspecified atom stereocenters. The Balaban J connectivity index is 1.87. The molecular weight excluding hydrogens is 384 g/mol. The average Bonchev–Trinajstić information content (AvgIpc) is 2.97. The van der Waals surface area contributed by atoms with Crippen LogP contribution in [-0.4, -0.2) is 30.7 Å². The number of urea groups is 1. The summed E-state index contributed by atoms with van der Waals surface area (Å²) in [6.45, 7) is -0.0897. The monoisotopic (exact) mass is 397 g/mol. The predicted octanol–water partition coefficient (Wildman–Crippen LogP) is 0.414. The summed E-state index contributed by atoms with van der Waals surface area (Å²) in [4.78, 5) is 15.8. The third kappa shape index (κ3) is 4.07. The Morgan fingerprint density at radius 1 is 1.44 bits per heavy atom. The zero-order valence-corrected chi connectivity index (χ0v) is 14.7. The molecule has 2 atom stereocenters. The summed E-state index contributed by atoms with van der Waals surface area (Å²) < 4.78 is 33.5. The second-order valence-electron chi connectivity index (χ2n) is 5.56. The normalized spacial score (nSPS) is 19.7. The van der Waals surface area contributed by atoms with Crippen molar-refractivity contribution in [1.82, 2.24) is 10.3 Å². The van der Waals surface area contributed by atoms with Gasteiger partial charge in [-0.3, -0.25) is 5.32 Å². The van der Waals surface area contributed by atoms with Gasteiger partial charge in [-0.25, -0.2) is 18.6 Å². The number of quaternary nitrogens is 1. The summed E-state index contributed by atoms with van der Waals surface area (Å²) in [5.74, 6) is -1.80. The fourth-order valence-corrected chi connectivity index (χ4v) is 2.74. The third-order valence-electron chi connectivity index (χ3n) is 3.87. The maximum Gasteiger partial charge on any atom is 0.442 e. The summed E-state index contributed by atoms with van der Waals surface area (Å²) in [5, 5.41) is 20.6. The Hall–Kier alpha value is -2.98. The van der Waals surface area contributed by atoms with Gasteiger partial charge in [-0.05, 0) is 12.1 Å². The predicted molar refractivity (Wildman–Crippen MR) is 90.3 cm³/mol. The van der Waals surface area contributed by atoms with Crippen molar-refractivity contribution in [1.29, 1.82) is 0 Å². The summed E-state index contributed by atoms with van der Waals surface area (Å²) in [7, 11) is 1.28. The number of pyridine rings is 1.